The zero-order valence-electron chi connectivity index (χ0n) is 16.0. The van der Waals surface area contributed by atoms with Crippen LogP contribution in [0.15, 0.2) is 12.1 Å². The molecule has 142 valence electrons. The van der Waals surface area contributed by atoms with Crippen molar-refractivity contribution < 1.29 is 14.6 Å². The first-order valence-corrected chi connectivity index (χ1v) is 8.97. The third-order valence-corrected chi connectivity index (χ3v) is 4.09. The lowest BCUT2D eigenvalue weighted by atomic mass is 10.1. The molecule has 0 aromatic heterocycles. The Balaban J connectivity index is 2.47. The van der Waals surface area contributed by atoms with Gasteiger partial charge in [-0.2, -0.15) is 0 Å². The van der Waals surface area contributed by atoms with E-state index in [4.69, 9.17) is 4.74 Å². The Bertz CT molecular complexity index is 521. The Morgan fingerprint density at radius 3 is 2.68 bits per heavy atom. The summed E-state index contributed by atoms with van der Waals surface area (Å²) in [4.78, 5) is 12.9. The van der Waals surface area contributed by atoms with Crippen molar-refractivity contribution in [2.45, 2.75) is 26.7 Å². The zero-order valence-corrected chi connectivity index (χ0v) is 16.0. The van der Waals surface area contributed by atoms with E-state index in [-0.39, 0.29) is 12.4 Å². The SMILES string of the molecule is CNc1c(O)ccc(CCNCCN(C)CCC(C)C)c1OCC=O. The van der Waals surface area contributed by atoms with Crippen LogP contribution in [0.25, 0.3) is 0 Å². The zero-order chi connectivity index (χ0) is 18.7. The van der Waals surface area contributed by atoms with E-state index in [1.165, 1.54) is 6.42 Å². The number of nitrogens with zero attached hydrogens (tertiary/aromatic N) is 1. The molecule has 6 nitrogen and oxygen atoms in total. The number of ether oxygens (including phenoxy) is 1. The number of aldehydes is 1. The molecule has 0 fully saturated rings. The number of carbonyl (C=O) groups excluding carboxylic acids is 1. The van der Waals surface area contributed by atoms with Crippen molar-refractivity contribution in [1.29, 1.82) is 0 Å². The van der Waals surface area contributed by atoms with Crippen molar-refractivity contribution in [3.63, 3.8) is 0 Å². The van der Waals surface area contributed by atoms with Gasteiger partial charge in [0.2, 0.25) is 0 Å². The van der Waals surface area contributed by atoms with Gasteiger partial charge >= 0.3 is 0 Å². The Hall–Kier alpha value is -1.79. The molecule has 0 spiro atoms. The lowest BCUT2D eigenvalue weighted by molar-refractivity contribution is -0.109. The maximum absolute atomic E-state index is 10.6. The molecule has 1 aromatic carbocycles. The average Bonchev–Trinajstić information content (AvgIpc) is 2.59. The van der Waals surface area contributed by atoms with Crippen LogP contribution in [0.4, 0.5) is 5.69 Å². The summed E-state index contributed by atoms with van der Waals surface area (Å²) < 4.78 is 5.51. The van der Waals surface area contributed by atoms with E-state index in [9.17, 15) is 9.90 Å². The van der Waals surface area contributed by atoms with Gasteiger partial charge in [0.1, 0.15) is 23.8 Å². The highest BCUT2D eigenvalue weighted by molar-refractivity contribution is 5.69. The summed E-state index contributed by atoms with van der Waals surface area (Å²) in [5, 5.41) is 16.3. The van der Waals surface area contributed by atoms with Crippen LogP contribution in [0, 0.1) is 5.92 Å². The van der Waals surface area contributed by atoms with Gasteiger partial charge in [-0.05, 0) is 50.5 Å². The minimum Gasteiger partial charge on any atom is -0.506 e. The van der Waals surface area contributed by atoms with Crippen LogP contribution in [0.1, 0.15) is 25.8 Å². The summed E-state index contributed by atoms with van der Waals surface area (Å²) in [6, 6.07) is 3.49. The molecule has 25 heavy (non-hydrogen) atoms. The molecule has 3 N–H and O–H groups in total. The third kappa shape index (κ3) is 7.75. The summed E-state index contributed by atoms with van der Waals surface area (Å²) in [6.45, 7) is 8.32. The fourth-order valence-corrected chi connectivity index (χ4v) is 2.54. The van der Waals surface area contributed by atoms with Gasteiger partial charge in [0.05, 0.1) is 0 Å². The molecule has 0 aliphatic heterocycles. The van der Waals surface area contributed by atoms with E-state index < -0.39 is 0 Å². The molecule has 1 rings (SSSR count). The number of hydrogen-bond acceptors (Lipinski definition) is 6. The predicted molar refractivity (Wildman–Crippen MR) is 103 cm³/mol. The smallest absolute Gasteiger partial charge is 0.157 e. The fourth-order valence-electron chi connectivity index (χ4n) is 2.54. The summed E-state index contributed by atoms with van der Waals surface area (Å²) in [6.07, 6.45) is 2.69. The van der Waals surface area contributed by atoms with Gasteiger partial charge < -0.3 is 25.4 Å². The Labute approximate surface area is 151 Å². The van der Waals surface area contributed by atoms with Crippen molar-refractivity contribution in [3.8, 4) is 11.5 Å². The number of nitrogens with one attached hydrogen (secondary N) is 2. The number of hydrogen-bond donors (Lipinski definition) is 3. The molecule has 0 aliphatic carbocycles. The van der Waals surface area contributed by atoms with Gasteiger partial charge in [0.15, 0.2) is 6.29 Å². The molecule has 0 heterocycles. The number of benzene rings is 1. The molecular formula is C19H33N3O3. The number of aromatic hydroxyl groups is 1. The molecule has 0 aliphatic rings. The fraction of sp³-hybridized carbons (Fsp3) is 0.632. The molecule has 0 atom stereocenters. The average molecular weight is 351 g/mol. The van der Waals surface area contributed by atoms with Gasteiger partial charge in [-0.15, -0.1) is 0 Å². The van der Waals surface area contributed by atoms with Crippen LogP contribution in [-0.2, 0) is 11.2 Å². The highest BCUT2D eigenvalue weighted by Gasteiger charge is 2.13. The molecular weight excluding hydrogens is 318 g/mol. The number of phenols is 1. The molecule has 0 radical (unpaired) electrons. The van der Waals surface area contributed by atoms with Crippen molar-refractivity contribution in [3.05, 3.63) is 17.7 Å². The lowest BCUT2D eigenvalue weighted by Crippen LogP contribution is -2.31. The molecule has 0 saturated carbocycles. The second-order valence-corrected chi connectivity index (χ2v) is 6.66. The van der Waals surface area contributed by atoms with Crippen molar-refractivity contribution in [2.24, 2.45) is 5.92 Å². The van der Waals surface area contributed by atoms with Crippen LogP contribution >= 0.6 is 0 Å². The second-order valence-electron chi connectivity index (χ2n) is 6.66. The minimum absolute atomic E-state index is 0.0286. The van der Waals surface area contributed by atoms with Crippen LogP contribution in [-0.4, -0.2) is 63.2 Å². The number of anilines is 1. The maximum atomic E-state index is 10.6. The molecule has 0 amide bonds. The Morgan fingerprint density at radius 1 is 1.28 bits per heavy atom. The van der Waals surface area contributed by atoms with Crippen LogP contribution in [0.3, 0.4) is 0 Å². The predicted octanol–water partition coefficient (Wildman–Crippen LogP) is 2.12. The lowest BCUT2D eigenvalue weighted by Gasteiger charge is -2.18. The monoisotopic (exact) mass is 351 g/mol. The topological polar surface area (TPSA) is 73.8 Å². The number of carbonyl (C=O) groups is 1. The highest BCUT2D eigenvalue weighted by Crippen LogP contribution is 2.36. The first-order chi connectivity index (χ1) is 12.0. The Kier molecular flexibility index (Phi) is 9.96. The maximum Gasteiger partial charge on any atom is 0.157 e. The quantitative estimate of drug-likeness (QED) is 0.287. The summed E-state index contributed by atoms with van der Waals surface area (Å²) in [5.74, 6) is 1.40. The summed E-state index contributed by atoms with van der Waals surface area (Å²) in [7, 11) is 3.87. The molecule has 0 unspecified atom stereocenters. The van der Waals surface area contributed by atoms with E-state index in [2.05, 4.69) is 36.4 Å². The van der Waals surface area contributed by atoms with E-state index in [0.29, 0.717) is 17.7 Å². The number of rotatable bonds is 13. The minimum atomic E-state index is -0.0286. The molecule has 6 heteroatoms. The van der Waals surface area contributed by atoms with Gasteiger partial charge in [-0.25, -0.2) is 0 Å². The largest absolute Gasteiger partial charge is 0.506 e. The van der Waals surface area contributed by atoms with E-state index in [1.807, 2.05) is 6.07 Å². The third-order valence-electron chi connectivity index (χ3n) is 4.09. The second kappa shape index (κ2) is 11.7. The molecule has 1 aromatic rings. The van der Waals surface area contributed by atoms with Crippen molar-refractivity contribution >= 4 is 12.0 Å². The van der Waals surface area contributed by atoms with Crippen molar-refractivity contribution in [2.75, 3.05) is 52.2 Å². The number of likely N-dealkylation sites (N-methyl/N-ethyl adjacent to an activating group) is 1. The van der Waals surface area contributed by atoms with Gasteiger partial charge in [0, 0.05) is 20.1 Å². The van der Waals surface area contributed by atoms with Gasteiger partial charge in [-0.3, -0.25) is 4.79 Å². The summed E-state index contributed by atoms with van der Waals surface area (Å²) >= 11 is 0. The standard InChI is InChI=1S/C19H33N3O3/c1-15(2)8-11-22(4)12-10-21-9-7-16-5-6-17(24)18(20-3)19(16)25-14-13-23/h5-6,13,15,20-21,24H,7-12,14H2,1-4H3. The van der Waals surface area contributed by atoms with E-state index in [1.54, 1.807) is 13.1 Å². The van der Waals surface area contributed by atoms with Crippen LogP contribution in [0.2, 0.25) is 0 Å². The van der Waals surface area contributed by atoms with Crippen LogP contribution < -0.4 is 15.4 Å². The first-order valence-electron chi connectivity index (χ1n) is 8.97. The van der Waals surface area contributed by atoms with E-state index in [0.717, 1.165) is 44.1 Å². The van der Waals surface area contributed by atoms with E-state index >= 15 is 0 Å². The normalized spacial score (nSPS) is 11.1. The summed E-state index contributed by atoms with van der Waals surface area (Å²) in [5.41, 5.74) is 1.48. The first kappa shape index (κ1) is 21.3. The van der Waals surface area contributed by atoms with Crippen LogP contribution in [0.5, 0.6) is 11.5 Å². The molecule has 0 bridgehead atoms. The highest BCUT2D eigenvalue weighted by atomic mass is 16.5. The van der Waals surface area contributed by atoms with Gasteiger partial charge in [-0.1, -0.05) is 19.9 Å². The van der Waals surface area contributed by atoms with Crippen molar-refractivity contribution in [1.82, 2.24) is 10.2 Å². The number of phenolic OH excluding ortho intramolecular Hbond substituents is 1. The Morgan fingerprint density at radius 2 is 2.04 bits per heavy atom. The van der Waals surface area contributed by atoms with Gasteiger partial charge in [0.25, 0.3) is 0 Å². The molecule has 0 saturated heterocycles.